The summed E-state index contributed by atoms with van der Waals surface area (Å²) in [6, 6.07) is 2.15. The van der Waals surface area contributed by atoms with Crippen LogP contribution in [0.2, 0.25) is 0 Å². The zero-order valence-corrected chi connectivity index (χ0v) is 13.2. The predicted molar refractivity (Wildman–Crippen MR) is 87.9 cm³/mol. The van der Waals surface area contributed by atoms with Gasteiger partial charge in [0.25, 0.3) is 0 Å². The molecule has 0 unspecified atom stereocenters. The number of hydrogen-bond donors (Lipinski definition) is 2. The first kappa shape index (κ1) is 14.5. The third kappa shape index (κ3) is 3.44. The largest absolute Gasteiger partial charge is 0.376 e. The van der Waals surface area contributed by atoms with Crippen LogP contribution in [0.3, 0.4) is 0 Å². The van der Waals surface area contributed by atoms with Crippen molar-refractivity contribution in [2.75, 3.05) is 24.2 Å². The molecule has 0 aromatic carbocycles. The molecule has 21 heavy (non-hydrogen) atoms. The molecule has 114 valence electrons. The van der Waals surface area contributed by atoms with Gasteiger partial charge in [-0.2, -0.15) is 4.98 Å². The molecule has 0 aliphatic heterocycles. The van der Waals surface area contributed by atoms with Crippen molar-refractivity contribution in [3.8, 4) is 0 Å². The molecular formula is C15H22N4OS. The van der Waals surface area contributed by atoms with Crippen LogP contribution in [0.25, 0.3) is 10.2 Å². The Morgan fingerprint density at radius 2 is 2.19 bits per heavy atom. The summed E-state index contributed by atoms with van der Waals surface area (Å²) in [5.74, 6) is 1.15. The molecule has 0 radical (unpaired) electrons. The fraction of sp³-hybridized carbons (Fsp3) is 0.600. The molecule has 5 nitrogen and oxygen atoms in total. The molecule has 3 N–H and O–H groups in total. The lowest BCUT2D eigenvalue weighted by molar-refractivity contribution is 0.0659. The number of aromatic nitrogens is 2. The fourth-order valence-corrected chi connectivity index (χ4v) is 3.72. The van der Waals surface area contributed by atoms with Crippen molar-refractivity contribution >= 4 is 33.3 Å². The Morgan fingerprint density at radius 1 is 1.38 bits per heavy atom. The van der Waals surface area contributed by atoms with Gasteiger partial charge >= 0.3 is 0 Å². The number of anilines is 2. The van der Waals surface area contributed by atoms with E-state index in [0.29, 0.717) is 18.7 Å². The van der Waals surface area contributed by atoms with Crippen molar-refractivity contribution < 1.29 is 4.74 Å². The minimum atomic E-state index is 0.325. The van der Waals surface area contributed by atoms with Crippen molar-refractivity contribution in [3.63, 3.8) is 0 Å². The fourth-order valence-electron chi connectivity index (χ4n) is 2.75. The summed E-state index contributed by atoms with van der Waals surface area (Å²) >= 11 is 1.68. The van der Waals surface area contributed by atoms with E-state index < -0.39 is 0 Å². The molecule has 0 spiro atoms. The van der Waals surface area contributed by atoms with Crippen LogP contribution in [0, 0.1) is 0 Å². The van der Waals surface area contributed by atoms with Gasteiger partial charge in [-0.15, -0.1) is 11.3 Å². The van der Waals surface area contributed by atoms with Gasteiger partial charge in [0.1, 0.15) is 10.6 Å². The maximum absolute atomic E-state index is 5.86. The molecule has 0 atom stereocenters. The molecular weight excluding hydrogens is 284 g/mol. The first-order valence-electron chi connectivity index (χ1n) is 7.67. The van der Waals surface area contributed by atoms with Crippen LogP contribution < -0.4 is 11.1 Å². The van der Waals surface area contributed by atoms with Crippen LogP contribution in [0.4, 0.5) is 11.8 Å². The van der Waals surface area contributed by atoms with E-state index in [2.05, 4.69) is 28.3 Å². The van der Waals surface area contributed by atoms with Crippen molar-refractivity contribution in [2.45, 2.75) is 45.1 Å². The third-order valence-electron chi connectivity index (χ3n) is 3.86. The standard InChI is InChI=1S/C15H22N4OS/c1-2-11-9-12-13(18-15(16)19-14(12)21-11)17-7-8-20-10-5-3-4-6-10/h9-10H,2-8H2,1H3,(H3,16,17,18,19). The molecule has 0 amide bonds. The van der Waals surface area contributed by atoms with E-state index in [1.165, 1.54) is 30.6 Å². The summed E-state index contributed by atoms with van der Waals surface area (Å²) < 4.78 is 5.86. The average molecular weight is 306 g/mol. The molecule has 0 bridgehead atoms. The second-order valence-corrected chi connectivity index (χ2v) is 6.53. The van der Waals surface area contributed by atoms with Gasteiger partial charge in [0, 0.05) is 11.4 Å². The van der Waals surface area contributed by atoms with E-state index in [-0.39, 0.29) is 0 Å². The lowest BCUT2D eigenvalue weighted by atomic mass is 10.3. The highest BCUT2D eigenvalue weighted by molar-refractivity contribution is 7.18. The molecule has 0 saturated heterocycles. The number of ether oxygens (including phenoxy) is 1. The first-order chi connectivity index (χ1) is 10.3. The van der Waals surface area contributed by atoms with Crippen LogP contribution in [0.1, 0.15) is 37.5 Å². The van der Waals surface area contributed by atoms with Crippen molar-refractivity contribution in [3.05, 3.63) is 10.9 Å². The highest BCUT2D eigenvalue weighted by Gasteiger charge is 2.15. The van der Waals surface area contributed by atoms with Gasteiger partial charge < -0.3 is 15.8 Å². The Hall–Kier alpha value is -1.40. The Kier molecular flexibility index (Phi) is 4.55. The van der Waals surface area contributed by atoms with Crippen molar-refractivity contribution in [1.82, 2.24) is 9.97 Å². The van der Waals surface area contributed by atoms with Gasteiger partial charge in [0.15, 0.2) is 0 Å². The van der Waals surface area contributed by atoms with Gasteiger partial charge in [-0.05, 0) is 25.3 Å². The second kappa shape index (κ2) is 6.58. The smallest absolute Gasteiger partial charge is 0.223 e. The van der Waals surface area contributed by atoms with Crippen molar-refractivity contribution in [2.24, 2.45) is 0 Å². The summed E-state index contributed by atoms with van der Waals surface area (Å²) in [5, 5.41) is 4.40. The second-order valence-electron chi connectivity index (χ2n) is 5.42. The summed E-state index contributed by atoms with van der Waals surface area (Å²) in [6.45, 7) is 3.60. The summed E-state index contributed by atoms with van der Waals surface area (Å²) in [4.78, 5) is 10.9. The lowest BCUT2D eigenvalue weighted by Crippen LogP contribution is -2.16. The van der Waals surface area contributed by atoms with Crippen LogP contribution >= 0.6 is 11.3 Å². The van der Waals surface area contributed by atoms with Crippen LogP contribution in [-0.2, 0) is 11.2 Å². The maximum Gasteiger partial charge on any atom is 0.223 e. The molecule has 6 heteroatoms. The highest BCUT2D eigenvalue weighted by atomic mass is 32.1. The number of nitrogens with two attached hydrogens (primary N) is 1. The summed E-state index contributed by atoms with van der Waals surface area (Å²) in [7, 11) is 0. The first-order valence-corrected chi connectivity index (χ1v) is 8.49. The van der Waals surface area contributed by atoms with E-state index in [9.17, 15) is 0 Å². The average Bonchev–Trinajstić information content (AvgIpc) is 3.11. The molecule has 1 aliphatic rings. The number of rotatable bonds is 6. The molecule has 1 fully saturated rings. The number of hydrogen-bond acceptors (Lipinski definition) is 6. The molecule has 2 aromatic heterocycles. The van der Waals surface area contributed by atoms with E-state index in [0.717, 1.165) is 29.0 Å². The Morgan fingerprint density at radius 3 is 2.95 bits per heavy atom. The van der Waals surface area contributed by atoms with Crippen LogP contribution in [0.5, 0.6) is 0 Å². The summed E-state index contributed by atoms with van der Waals surface area (Å²) in [5.41, 5.74) is 5.79. The SMILES string of the molecule is CCc1cc2c(NCCOC3CCCC3)nc(N)nc2s1. The normalized spacial score (nSPS) is 15.9. The number of thiophene rings is 1. The molecule has 1 aliphatic carbocycles. The van der Waals surface area contributed by atoms with Gasteiger partial charge in [-0.25, -0.2) is 4.98 Å². The lowest BCUT2D eigenvalue weighted by Gasteiger charge is -2.12. The van der Waals surface area contributed by atoms with Gasteiger partial charge in [0.2, 0.25) is 5.95 Å². The zero-order valence-electron chi connectivity index (χ0n) is 12.4. The maximum atomic E-state index is 5.86. The quantitative estimate of drug-likeness (QED) is 0.802. The molecule has 2 heterocycles. The number of nitrogens with one attached hydrogen (secondary N) is 1. The van der Waals surface area contributed by atoms with Gasteiger partial charge in [-0.1, -0.05) is 19.8 Å². The highest BCUT2D eigenvalue weighted by Crippen LogP contribution is 2.29. The van der Waals surface area contributed by atoms with E-state index in [4.69, 9.17) is 10.5 Å². The molecule has 2 aromatic rings. The van der Waals surface area contributed by atoms with E-state index in [1.807, 2.05) is 0 Å². The Bertz CT molecular complexity index is 607. The Balaban J connectivity index is 1.63. The number of nitrogen functional groups attached to an aromatic ring is 1. The third-order valence-corrected chi connectivity index (χ3v) is 5.03. The van der Waals surface area contributed by atoms with Gasteiger partial charge in [0.05, 0.1) is 18.1 Å². The van der Waals surface area contributed by atoms with Crippen LogP contribution in [-0.4, -0.2) is 29.2 Å². The van der Waals surface area contributed by atoms with Gasteiger partial charge in [-0.3, -0.25) is 0 Å². The topological polar surface area (TPSA) is 73.1 Å². The minimum absolute atomic E-state index is 0.325. The number of nitrogens with zero attached hydrogens (tertiary/aromatic N) is 2. The summed E-state index contributed by atoms with van der Waals surface area (Å²) in [6.07, 6.45) is 6.47. The Labute approximate surface area is 128 Å². The van der Waals surface area contributed by atoms with Crippen molar-refractivity contribution in [1.29, 1.82) is 0 Å². The number of fused-ring (bicyclic) bond motifs is 1. The van der Waals surface area contributed by atoms with Crippen LogP contribution in [0.15, 0.2) is 6.07 Å². The van der Waals surface area contributed by atoms with E-state index in [1.54, 1.807) is 11.3 Å². The monoisotopic (exact) mass is 306 g/mol. The minimum Gasteiger partial charge on any atom is -0.376 e. The van der Waals surface area contributed by atoms with E-state index >= 15 is 0 Å². The number of aryl methyl sites for hydroxylation is 1. The predicted octanol–water partition coefficient (Wildman–Crippen LogP) is 3.21. The zero-order chi connectivity index (χ0) is 14.7. The molecule has 1 saturated carbocycles. The molecule has 3 rings (SSSR count).